The first-order valence-electron chi connectivity index (χ1n) is 3.69. The quantitative estimate of drug-likeness (QED) is 0.448. The Morgan fingerprint density at radius 1 is 1.09 bits per heavy atom. The van der Waals surface area contributed by atoms with Crippen molar-refractivity contribution in [1.29, 1.82) is 0 Å². The molecule has 68 valence electrons. The molecule has 3 N–H and O–H groups in total. The number of hydrogen-bond acceptors (Lipinski definition) is 3. The van der Waals surface area contributed by atoms with Gasteiger partial charge in [0.05, 0.1) is 0 Å². The third-order valence-corrected chi connectivity index (χ3v) is 0.957. The van der Waals surface area contributed by atoms with Crippen molar-refractivity contribution >= 4 is 7.37 Å². The van der Waals surface area contributed by atoms with Gasteiger partial charge in [0.15, 0.2) is 7.37 Å². The van der Waals surface area contributed by atoms with Crippen LogP contribution in [0.3, 0.4) is 0 Å². The van der Waals surface area contributed by atoms with Crippen molar-refractivity contribution in [3.05, 3.63) is 0 Å². The van der Waals surface area contributed by atoms with Gasteiger partial charge in [-0.15, -0.1) is 0 Å². The van der Waals surface area contributed by atoms with Gasteiger partial charge < -0.3 is 15.5 Å². The molecule has 1 aliphatic rings. The second-order valence-corrected chi connectivity index (χ2v) is 5.38. The number of rotatable bonds is 0. The highest BCUT2D eigenvalue weighted by Crippen LogP contribution is 2.27. The zero-order valence-corrected chi connectivity index (χ0v) is 8.03. The molecule has 0 radical (unpaired) electrons. The summed E-state index contributed by atoms with van der Waals surface area (Å²) in [6.45, 7) is 7.15. The van der Waals surface area contributed by atoms with Crippen molar-refractivity contribution in [3.8, 4) is 0 Å². The summed E-state index contributed by atoms with van der Waals surface area (Å²) in [5, 5.41) is 6.44. The van der Waals surface area contributed by atoms with E-state index >= 15 is 0 Å². The van der Waals surface area contributed by atoms with Gasteiger partial charge >= 0.3 is 0 Å². The van der Waals surface area contributed by atoms with Crippen LogP contribution in [0.2, 0.25) is 0 Å². The summed E-state index contributed by atoms with van der Waals surface area (Å²) >= 11 is 0. The Morgan fingerprint density at radius 3 is 1.36 bits per heavy atom. The van der Waals surface area contributed by atoms with Crippen LogP contribution in [-0.2, 0) is 4.57 Å². The summed E-state index contributed by atoms with van der Waals surface area (Å²) in [5.74, 6) is 0. The van der Waals surface area contributed by atoms with Crippen LogP contribution in [0.4, 0.5) is 0 Å². The van der Waals surface area contributed by atoms with Crippen molar-refractivity contribution < 1.29 is 9.46 Å². The van der Waals surface area contributed by atoms with E-state index in [0.29, 0.717) is 0 Å². The minimum atomic E-state index is -2.64. The van der Waals surface area contributed by atoms with Gasteiger partial charge in [-0.05, 0) is 0 Å². The van der Waals surface area contributed by atoms with Gasteiger partial charge in [0, 0.05) is 39.5 Å². The highest BCUT2D eigenvalue weighted by molar-refractivity contribution is 7.56. The normalized spacial score (nSPS) is 18.5. The molecule has 0 aliphatic carbocycles. The fraction of sp³-hybridized carbons (Fsp3) is 1.00. The topological polar surface area (TPSA) is 61.4 Å². The summed E-state index contributed by atoms with van der Waals surface area (Å²) in [7, 11) is -2.64. The molecule has 1 heterocycles. The summed E-state index contributed by atoms with van der Waals surface area (Å²) in [6, 6.07) is 0. The molecule has 0 aromatic carbocycles. The van der Waals surface area contributed by atoms with E-state index in [0.717, 1.165) is 26.2 Å². The third-order valence-electron chi connectivity index (χ3n) is 0.957. The van der Waals surface area contributed by atoms with E-state index in [9.17, 15) is 4.57 Å². The van der Waals surface area contributed by atoms with Crippen LogP contribution in [0.25, 0.3) is 0 Å². The van der Waals surface area contributed by atoms with Crippen LogP contribution in [0.1, 0.15) is 0 Å². The van der Waals surface area contributed by atoms with E-state index in [-0.39, 0.29) is 0 Å². The molecule has 1 rings (SSSR count). The average Bonchev–Trinajstić information content (AvgIpc) is 1.88. The molecule has 0 aromatic heterocycles. The highest BCUT2D eigenvalue weighted by atomic mass is 31.2. The molecule has 0 aromatic rings. The smallest absolute Gasteiger partial charge is 0.194 e. The van der Waals surface area contributed by atoms with Crippen molar-refractivity contribution in [2.24, 2.45) is 0 Å². The lowest BCUT2D eigenvalue weighted by Crippen LogP contribution is -2.39. The number of piperazine rings is 1. The van der Waals surface area contributed by atoms with Gasteiger partial charge in [0.25, 0.3) is 0 Å². The van der Waals surface area contributed by atoms with Crippen LogP contribution in [0, 0.1) is 0 Å². The average molecular weight is 180 g/mol. The standard InChI is InChI=1S/C4H10N2.C2H7O2P/c1-2-6-4-3-5-1;1-5(2,3)4/h5-6H,1-4H2;1-2H3,(H,3,4). The zero-order chi connectivity index (χ0) is 8.74. The van der Waals surface area contributed by atoms with Crippen LogP contribution >= 0.6 is 7.37 Å². The lowest BCUT2D eigenvalue weighted by Gasteiger charge is -2.11. The van der Waals surface area contributed by atoms with Gasteiger partial charge in [0.1, 0.15) is 0 Å². The molecular formula is C6H17N2O2P. The van der Waals surface area contributed by atoms with E-state index in [1.54, 1.807) is 0 Å². The molecule has 5 heteroatoms. The summed E-state index contributed by atoms with van der Waals surface area (Å²) in [5.41, 5.74) is 0. The lowest BCUT2D eigenvalue weighted by atomic mass is 10.4. The number of hydrogen-bond donors (Lipinski definition) is 3. The maximum atomic E-state index is 9.77. The summed E-state index contributed by atoms with van der Waals surface area (Å²) in [6.07, 6.45) is 0. The monoisotopic (exact) mass is 180 g/mol. The minimum absolute atomic E-state index is 1.14. The van der Waals surface area contributed by atoms with Gasteiger partial charge in [0.2, 0.25) is 0 Å². The highest BCUT2D eigenvalue weighted by Gasteiger charge is 1.92. The Bertz CT molecular complexity index is 111. The molecule has 0 saturated carbocycles. The molecule has 0 atom stereocenters. The fourth-order valence-corrected chi connectivity index (χ4v) is 0.604. The number of nitrogens with one attached hydrogen (secondary N) is 2. The van der Waals surface area contributed by atoms with Gasteiger partial charge in [-0.3, -0.25) is 4.57 Å². The Hall–Kier alpha value is 0.110. The second-order valence-electron chi connectivity index (χ2n) is 2.79. The molecule has 4 nitrogen and oxygen atoms in total. The van der Waals surface area contributed by atoms with E-state index in [2.05, 4.69) is 10.6 Å². The molecule has 0 spiro atoms. The summed E-state index contributed by atoms with van der Waals surface area (Å²) < 4.78 is 9.77. The molecule has 0 amide bonds. The predicted molar refractivity (Wildman–Crippen MR) is 47.4 cm³/mol. The van der Waals surface area contributed by atoms with Crippen molar-refractivity contribution in [3.63, 3.8) is 0 Å². The second kappa shape index (κ2) is 5.72. The minimum Gasteiger partial charge on any atom is -0.345 e. The lowest BCUT2D eigenvalue weighted by molar-refractivity contribution is 0.492. The summed E-state index contributed by atoms with van der Waals surface area (Å²) in [4.78, 5) is 8.08. The first-order valence-corrected chi connectivity index (χ1v) is 6.25. The predicted octanol–water partition coefficient (Wildman–Crippen LogP) is -0.304. The molecule has 0 bridgehead atoms. The molecule has 1 aliphatic heterocycles. The van der Waals surface area contributed by atoms with Crippen LogP contribution in [-0.4, -0.2) is 44.4 Å². The van der Waals surface area contributed by atoms with Crippen LogP contribution in [0.15, 0.2) is 0 Å². The van der Waals surface area contributed by atoms with Crippen LogP contribution in [0.5, 0.6) is 0 Å². The first kappa shape index (κ1) is 11.1. The third kappa shape index (κ3) is 17.8. The largest absolute Gasteiger partial charge is 0.345 e. The van der Waals surface area contributed by atoms with Crippen LogP contribution < -0.4 is 10.6 Å². The van der Waals surface area contributed by atoms with Gasteiger partial charge in [-0.2, -0.15) is 0 Å². The molecular weight excluding hydrogens is 163 g/mol. The zero-order valence-electron chi connectivity index (χ0n) is 7.13. The maximum absolute atomic E-state index is 9.77. The fourth-order valence-electron chi connectivity index (χ4n) is 0.604. The van der Waals surface area contributed by atoms with Crippen molar-refractivity contribution in [1.82, 2.24) is 10.6 Å². The molecule has 11 heavy (non-hydrogen) atoms. The van der Waals surface area contributed by atoms with E-state index in [4.69, 9.17) is 4.89 Å². The van der Waals surface area contributed by atoms with E-state index in [1.807, 2.05) is 0 Å². The van der Waals surface area contributed by atoms with Gasteiger partial charge in [-0.25, -0.2) is 0 Å². The Balaban J connectivity index is 0.000000187. The Kier molecular flexibility index (Phi) is 5.78. The van der Waals surface area contributed by atoms with E-state index < -0.39 is 7.37 Å². The van der Waals surface area contributed by atoms with Gasteiger partial charge in [-0.1, -0.05) is 0 Å². The molecule has 1 fully saturated rings. The maximum Gasteiger partial charge on any atom is 0.194 e. The molecule has 0 unspecified atom stereocenters. The van der Waals surface area contributed by atoms with E-state index in [1.165, 1.54) is 13.3 Å². The molecule has 1 saturated heterocycles. The van der Waals surface area contributed by atoms with Crippen molar-refractivity contribution in [2.75, 3.05) is 39.5 Å². The first-order chi connectivity index (χ1) is 5.00. The SMILES string of the molecule is C1CNCCN1.CP(C)(=O)O. The van der Waals surface area contributed by atoms with Crippen molar-refractivity contribution in [2.45, 2.75) is 0 Å². The Labute approximate surface area is 67.8 Å². The Morgan fingerprint density at radius 2 is 1.27 bits per heavy atom.